The summed E-state index contributed by atoms with van der Waals surface area (Å²) in [7, 11) is -4.11. The van der Waals surface area contributed by atoms with Crippen LogP contribution in [0.5, 0.6) is 0 Å². The lowest BCUT2D eigenvalue weighted by Gasteiger charge is -2.09. The van der Waals surface area contributed by atoms with Crippen molar-refractivity contribution >= 4 is 26.0 Å². The van der Waals surface area contributed by atoms with Gasteiger partial charge in [0.1, 0.15) is 6.04 Å². The second kappa shape index (κ2) is 6.87. The average Bonchev–Trinajstić information content (AvgIpc) is 2.15. The van der Waals surface area contributed by atoms with Gasteiger partial charge in [0.25, 0.3) is 0 Å². The van der Waals surface area contributed by atoms with Crippen LogP contribution in [-0.4, -0.2) is 26.9 Å². The normalized spacial score (nSPS) is 12.6. The van der Waals surface area contributed by atoms with E-state index in [1.165, 1.54) is 0 Å². The molecule has 1 atom stereocenters. The van der Waals surface area contributed by atoms with Crippen molar-refractivity contribution in [1.82, 2.24) is 0 Å². The van der Waals surface area contributed by atoms with Crippen LogP contribution in [-0.2, 0) is 21.9 Å². The minimum Gasteiger partial charge on any atom is -0.480 e. The Morgan fingerprint density at radius 2 is 1.89 bits per heavy atom. The molecule has 0 unspecified atom stereocenters. The van der Waals surface area contributed by atoms with Gasteiger partial charge in [0, 0.05) is 0 Å². The summed E-state index contributed by atoms with van der Waals surface area (Å²) in [6.07, 6.45) is -0.229. The molecule has 5 N–H and O–H groups in total. The summed E-state index contributed by atoms with van der Waals surface area (Å²) in [6.45, 7) is 0. The molecule has 0 saturated heterocycles. The molecule has 0 fully saturated rings. The minimum atomic E-state index is -4.11. The Morgan fingerprint density at radius 1 is 1.33 bits per heavy atom. The highest BCUT2D eigenvalue weighted by atomic mass is 35.5. The summed E-state index contributed by atoms with van der Waals surface area (Å²) < 4.78 is 10.8. The molecule has 0 aliphatic rings. The van der Waals surface area contributed by atoms with Crippen LogP contribution in [0.3, 0.4) is 0 Å². The molecule has 0 radical (unpaired) electrons. The van der Waals surface area contributed by atoms with Crippen molar-refractivity contribution in [1.29, 1.82) is 0 Å². The number of hydrogen-bond acceptors (Lipinski definition) is 3. The summed E-state index contributed by atoms with van der Waals surface area (Å²) in [6, 6.07) is 5.41. The highest BCUT2D eigenvalue weighted by Gasteiger charge is 2.15. The molecule has 1 aromatic rings. The van der Waals surface area contributed by atoms with Crippen LogP contribution in [0.25, 0.3) is 0 Å². The Morgan fingerprint density at radius 3 is 2.39 bits per heavy atom. The Kier molecular flexibility index (Phi) is 6.52. The van der Waals surface area contributed by atoms with Crippen LogP contribution in [0.2, 0.25) is 0 Å². The molecule has 0 heterocycles. The zero-order valence-electron chi connectivity index (χ0n) is 9.39. The van der Waals surface area contributed by atoms with Gasteiger partial charge in [-0.3, -0.25) is 9.36 Å². The van der Waals surface area contributed by atoms with Crippen LogP contribution < -0.4 is 5.73 Å². The maximum atomic E-state index is 10.8. The van der Waals surface area contributed by atoms with E-state index in [2.05, 4.69) is 0 Å². The van der Waals surface area contributed by atoms with E-state index in [1.54, 1.807) is 24.3 Å². The molecule has 0 aromatic heterocycles. The fourth-order valence-corrected chi connectivity index (χ4v) is 2.11. The van der Waals surface area contributed by atoms with Crippen LogP contribution in [0, 0.1) is 0 Å². The Labute approximate surface area is 110 Å². The molecular formula is C10H15ClNO5P. The number of carboxylic acid groups (broad SMARTS) is 1. The van der Waals surface area contributed by atoms with Gasteiger partial charge in [0.2, 0.25) is 0 Å². The standard InChI is InChI=1S/C10H14NO5P.ClH/c11-9(10(12)13)5-7-2-1-3-8(4-7)6-17(14,15)16;/h1-4,9H,5-6,11H2,(H,12,13)(H2,14,15,16);1H/t9-;/m0./s1. The van der Waals surface area contributed by atoms with Crippen LogP contribution >= 0.6 is 20.0 Å². The zero-order chi connectivity index (χ0) is 13.1. The first-order chi connectivity index (χ1) is 7.78. The molecule has 102 valence electrons. The van der Waals surface area contributed by atoms with Crippen LogP contribution in [0.15, 0.2) is 24.3 Å². The third-order valence-corrected chi connectivity index (χ3v) is 2.93. The zero-order valence-corrected chi connectivity index (χ0v) is 11.1. The fraction of sp³-hybridized carbons (Fsp3) is 0.300. The van der Waals surface area contributed by atoms with E-state index in [-0.39, 0.29) is 25.0 Å². The summed E-state index contributed by atoms with van der Waals surface area (Å²) >= 11 is 0. The second-order valence-corrected chi connectivity index (χ2v) is 5.44. The van der Waals surface area contributed by atoms with Gasteiger partial charge in [-0.2, -0.15) is 0 Å². The number of rotatable bonds is 5. The Balaban J connectivity index is 0.00000289. The maximum Gasteiger partial charge on any atom is 0.329 e. The summed E-state index contributed by atoms with van der Waals surface area (Å²) in [5, 5.41) is 8.65. The SMILES string of the molecule is Cl.N[C@@H](Cc1cccc(CP(=O)(O)O)c1)C(=O)O. The molecule has 6 nitrogen and oxygen atoms in total. The highest BCUT2D eigenvalue weighted by Crippen LogP contribution is 2.39. The van der Waals surface area contributed by atoms with E-state index in [4.69, 9.17) is 20.6 Å². The van der Waals surface area contributed by atoms with E-state index in [0.717, 1.165) is 0 Å². The molecule has 1 rings (SSSR count). The van der Waals surface area contributed by atoms with Crippen molar-refractivity contribution < 1.29 is 24.3 Å². The first kappa shape index (κ1) is 17.1. The van der Waals surface area contributed by atoms with Crippen LogP contribution in [0.1, 0.15) is 11.1 Å². The fourth-order valence-electron chi connectivity index (χ4n) is 1.43. The number of carbonyl (C=O) groups is 1. The molecule has 0 aliphatic heterocycles. The number of carboxylic acids is 1. The molecule has 1 aromatic carbocycles. The lowest BCUT2D eigenvalue weighted by Crippen LogP contribution is -2.32. The number of benzene rings is 1. The Hall–Kier alpha value is -0.910. The first-order valence-electron chi connectivity index (χ1n) is 4.89. The largest absolute Gasteiger partial charge is 0.480 e. The third kappa shape index (κ3) is 6.14. The molecule has 0 spiro atoms. The molecule has 0 bridgehead atoms. The van der Waals surface area contributed by atoms with Gasteiger partial charge in [-0.25, -0.2) is 0 Å². The highest BCUT2D eigenvalue weighted by molar-refractivity contribution is 7.50. The van der Waals surface area contributed by atoms with Gasteiger partial charge >= 0.3 is 13.6 Å². The summed E-state index contributed by atoms with van der Waals surface area (Å²) in [4.78, 5) is 28.2. The molecular weight excluding hydrogens is 281 g/mol. The predicted octanol–water partition coefficient (Wildman–Crippen LogP) is 0.740. The van der Waals surface area contributed by atoms with Crippen LogP contribution in [0.4, 0.5) is 0 Å². The van der Waals surface area contributed by atoms with Gasteiger partial charge in [-0.15, -0.1) is 12.4 Å². The van der Waals surface area contributed by atoms with Crippen molar-refractivity contribution in [3.63, 3.8) is 0 Å². The number of aliphatic carboxylic acids is 1. The number of halogens is 1. The first-order valence-corrected chi connectivity index (χ1v) is 6.68. The van der Waals surface area contributed by atoms with Gasteiger partial charge < -0.3 is 20.6 Å². The molecule has 8 heteroatoms. The molecule has 0 saturated carbocycles. The second-order valence-electron chi connectivity index (χ2n) is 3.79. The van der Waals surface area contributed by atoms with Crippen molar-refractivity contribution in [2.24, 2.45) is 5.73 Å². The summed E-state index contributed by atoms with van der Waals surface area (Å²) in [5.41, 5.74) is 6.48. The lowest BCUT2D eigenvalue weighted by atomic mass is 10.0. The topological polar surface area (TPSA) is 121 Å². The molecule has 0 amide bonds. The third-order valence-electron chi connectivity index (χ3n) is 2.15. The summed E-state index contributed by atoms with van der Waals surface area (Å²) in [5.74, 6) is -1.11. The number of nitrogens with two attached hydrogens (primary N) is 1. The van der Waals surface area contributed by atoms with Crippen molar-refractivity contribution in [3.8, 4) is 0 Å². The van der Waals surface area contributed by atoms with Gasteiger partial charge in [-0.1, -0.05) is 24.3 Å². The maximum absolute atomic E-state index is 10.8. The van der Waals surface area contributed by atoms with Crippen molar-refractivity contribution in [3.05, 3.63) is 35.4 Å². The van der Waals surface area contributed by atoms with Crippen molar-refractivity contribution in [2.45, 2.75) is 18.6 Å². The van der Waals surface area contributed by atoms with Crippen molar-refractivity contribution in [2.75, 3.05) is 0 Å². The Bertz CT molecular complexity index is 461. The average molecular weight is 296 g/mol. The van der Waals surface area contributed by atoms with Gasteiger partial charge in [0.15, 0.2) is 0 Å². The molecule has 18 heavy (non-hydrogen) atoms. The van der Waals surface area contributed by atoms with E-state index in [9.17, 15) is 9.36 Å². The molecule has 0 aliphatic carbocycles. The van der Waals surface area contributed by atoms with Gasteiger partial charge in [0.05, 0.1) is 6.16 Å². The van der Waals surface area contributed by atoms with E-state index >= 15 is 0 Å². The monoisotopic (exact) mass is 295 g/mol. The van der Waals surface area contributed by atoms with Gasteiger partial charge in [-0.05, 0) is 17.5 Å². The quantitative estimate of drug-likeness (QED) is 0.595. The lowest BCUT2D eigenvalue weighted by molar-refractivity contribution is -0.138. The predicted molar refractivity (Wildman–Crippen MR) is 68.8 cm³/mol. The van der Waals surface area contributed by atoms with E-state index < -0.39 is 19.6 Å². The number of hydrogen-bond donors (Lipinski definition) is 4. The smallest absolute Gasteiger partial charge is 0.329 e. The van der Waals surface area contributed by atoms with E-state index in [0.29, 0.717) is 11.1 Å². The minimum absolute atomic E-state index is 0. The van der Waals surface area contributed by atoms with E-state index in [1.807, 2.05) is 0 Å².